The predicted octanol–water partition coefficient (Wildman–Crippen LogP) is 5.87. The molecule has 4 aromatic carbocycles. The number of anilines is 1. The Kier molecular flexibility index (Phi) is 9.73. The number of rotatable bonds is 11. The van der Waals surface area contributed by atoms with Crippen LogP contribution in [0.1, 0.15) is 36.6 Å². The Morgan fingerprint density at radius 1 is 0.896 bits per heavy atom. The number of para-hydroxylation sites is 1. The van der Waals surface area contributed by atoms with Gasteiger partial charge >= 0.3 is 0 Å². The van der Waals surface area contributed by atoms with Crippen LogP contribution in [-0.2, 0) is 11.4 Å². The molecule has 10 heteroatoms. The van der Waals surface area contributed by atoms with E-state index in [4.69, 9.17) is 23.9 Å². The molecule has 0 fully saturated rings. The third-order valence-corrected chi connectivity index (χ3v) is 8.83. The van der Waals surface area contributed by atoms with Gasteiger partial charge in [-0.3, -0.25) is 14.2 Å². The van der Waals surface area contributed by atoms with Crippen LogP contribution < -0.4 is 39.2 Å². The van der Waals surface area contributed by atoms with Crippen molar-refractivity contribution >= 4 is 29.0 Å². The molecular formula is C38H35N3O6S. The minimum atomic E-state index is -0.656. The first kappa shape index (κ1) is 32.3. The van der Waals surface area contributed by atoms with Crippen LogP contribution in [0.4, 0.5) is 5.69 Å². The van der Waals surface area contributed by atoms with Crippen molar-refractivity contribution in [3.63, 3.8) is 0 Å². The van der Waals surface area contributed by atoms with E-state index in [9.17, 15) is 9.59 Å². The molecule has 1 aliphatic heterocycles. The first-order chi connectivity index (χ1) is 23.4. The first-order valence-electron chi connectivity index (χ1n) is 15.4. The van der Waals surface area contributed by atoms with Gasteiger partial charge in [-0.25, -0.2) is 4.99 Å². The number of thiazole rings is 1. The molecule has 244 valence electrons. The number of allylic oxidation sites excluding steroid dienone is 1. The largest absolute Gasteiger partial charge is 0.497 e. The summed E-state index contributed by atoms with van der Waals surface area (Å²) in [6, 6.07) is 29.2. The van der Waals surface area contributed by atoms with E-state index in [1.807, 2.05) is 110 Å². The van der Waals surface area contributed by atoms with Gasteiger partial charge in [0.25, 0.3) is 11.5 Å². The van der Waals surface area contributed by atoms with Crippen LogP contribution in [0.3, 0.4) is 0 Å². The molecule has 0 bridgehead atoms. The molecule has 1 amide bonds. The number of carbonyl (C=O) groups is 1. The molecule has 0 spiro atoms. The van der Waals surface area contributed by atoms with Gasteiger partial charge in [0.15, 0.2) is 16.3 Å². The number of aromatic nitrogens is 1. The molecule has 0 saturated carbocycles. The SMILES string of the molecule is CCOc1cc(/C=c2\sc3n(c2=O)[C@@H](c2ccccc2)C(C(=O)Nc2ccccc2)=C(C)N=3)ccc1OCc1cc(OC)ccc1OC. The molecule has 1 atom stereocenters. The average molecular weight is 662 g/mol. The molecule has 6 rings (SSSR count). The summed E-state index contributed by atoms with van der Waals surface area (Å²) in [7, 11) is 3.22. The van der Waals surface area contributed by atoms with Crippen molar-refractivity contribution in [1.82, 2.24) is 4.57 Å². The maximum Gasteiger partial charge on any atom is 0.271 e. The lowest BCUT2D eigenvalue weighted by Crippen LogP contribution is -2.40. The van der Waals surface area contributed by atoms with Gasteiger partial charge in [-0.1, -0.05) is 65.9 Å². The van der Waals surface area contributed by atoms with Crippen LogP contribution in [0.2, 0.25) is 0 Å². The van der Waals surface area contributed by atoms with Crippen LogP contribution in [0.25, 0.3) is 6.08 Å². The van der Waals surface area contributed by atoms with Gasteiger partial charge < -0.3 is 24.3 Å². The molecule has 5 aromatic rings. The summed E-state index contributed by atoms with van der Waals surface area (Å²) in [5, 5.41) is 2.98. The Morgan fingerprint density at radius 3 is 2.33 bits per heavy atom. The minimum absolute atomic E-state index is 0.234. The van der Waals surface area contributed by atoms with E-state index >= 15 is 0 Å². The van der Waals surface area contributed by atoms with Crippen LogP contribution >= 0.6 is 11.3 Å². The van der Waals surface area contributed by atoms with Crippen molar-refractivity contribution in [3.8, 4) is 23.0 Å². The summed E-state index contributed by atoms with van der Waals surface area (Å²) >= 11 is 1.28. The highest BCUT2D eigenvalue weighted by molar-refractivity contribution is 7.07. The zero-order valence-corrected chi connectivity index (χ0v) is 27.9. The summed E-state index contributed by atoms with van der Waals surface area (Å²) < 4.78 is 25.1. The summed E-state index contributed by atoms with van der Waals surface area (Å²) in [5.41, 5.74) is 3.77. The first-order valence-corrected chi connectivity index (χ1v) is 16.3. The highest BCUT2D eigenvalue weighted by atomic mass is 32.1. The Bertz CT molecular complexity index is 2160. The normalized spacial score (nSPS) is 14.2. The molecule has 1 aromatic heterocycles. The van der Waals surface area contributed by atoms with E-state index in [0.717, 1.165) is 16.7 Å². The van der Waals surface area contributed by atoms with Gasteiger partial charge in [-0.2, -0.15) is 0 Å². The fourth-order valence-electron chi connectivity index (χ4n) is 5.59. The van der Waals surface area contributed by atoms with Crippen molar-refractivity contribution in [2.24, 2.45) is 4.99 Å². The third kappa shape index (κ3) is 6.74. The fraction of sp³-hybridized carbons (Fsp3) is 0.184. The monoisotopic (exact) mass is 661 g/mol. The maximum atomic E-state index is 14.1. The Morgan fingerprint density at radius 2 is 1.62 bits per heavy atom. The zero-order chi connectivity index (χ0) is 33.6. The summed E-state index contributed by atoms with van der Waals surface area (Å²) in [6.45, 7) is 4.37. The Hall–Kier alpha value is -5.61. The highest BCUT2D eigenvalue weighted by Gasteiger charge is 2.32. The lowest BCUT2D eigenvalue weighted by atomic mass is 9.95. The fourth-order valence-corrected chi connectivity index (χ4v) is 6.63. The summed E-state index contributed by atoms with van der Waals surface area (Å²) in [5.74, 6) is 2.16. The zero-order valence-electron chi connectivity index (χ0n) is 27.1. The van der Waals surface area contributed by atoms with Crippen molar-refractivity contribution in [1.29, 1.82) is 0 Å². The number of hydrogen-bond acceptors (Lipinski definition) is 8. The molecule has 1 N–H and O–H groups in total. The molecule has 0 saturated heterocycles. The van der Waals surface area contributed by atoms with Crippen molar-refractivity contribution in [2.45, 2.75) is 26.5 Å². The van der Waals surface area contributed by atoms with Gasteiger partial charge in [0.1, 0.15) is 18.1 Å². The van der Waals surface area contributed by atoms with Crippen molar-refractivity contribution < 1.29 is 23.7 Å². The van der Waals surface area contributed by atoms with Crippen LogP contribution in [0.5, 0.6) is 23.0 Å². The molecule has 48 heavy (non-hydrogen) atoms. The number of nitrogens with zero attached hydrogens (tertiary/aromatic N) is 2. The highest BCUT2D eigenvalue weighted by Crippen LogP contribution is 2.33. The molecular weight excluding hydrogens is 627 g/mol. The number of hydrogen-bond donors (Lipinski definition) is 1. The van der Waals surface area contributed by atoms with Gasteiger partial charge in [0.2, 0.25) is 0 Å². The quantitative estimate of drug-likeness (QED) is 0.190. The van der Waals surface area contributed by atoms with Crippen LogP contribution in [-0.4, -0.2) is 31.3 Å². The summed E-state index contributed by atoms with van der Waals surface area (Å²) in [6.07, 6.45) is 1.81. The minimum Gasteiger partial charge on any atom is -0.497 e. The predicted molar refractivity (Wildman–Crippen MR) is 187 cm³/mol. The molecule has 2 heterocycles. The number of benzene rings is 4. The van der Waals surface area contributed by atoms with E-state index < -0.39 is 6.04 Å². The molecule has 0 radical (unpaired) electrons. The van der Waals surface area contributed by atoms with Crippen molar-refractivity contribution in [3.05, 3.63) is 145 Å². The number of methoxy groups -OCH3 is 2. The second-order valence-electron chi connectivity index (χ2n) is 10.9. The summed E-state index contributed by atoms with van der Waals surface area (Å²) in [4.78, 5) is 33.1. The molecule has 0 aliphatic carbocycles. The number of amides is 1. The van der Waals surface area contributed by atoms with E-state index in [1.54, 1.807) is 25.7 Å². The number of carbonyl (C=O) groups excluding carboxylic acids is 1. The van der Waals surface area contributed by atoms with Gasteiger partial charge in [-0.05, 0) is 73.5 Å². The second kappa shape index (κ2) is 14.4. The number of fused-ring (bicyclic) bond motifs is 1. The van der Waals surface area contributed by atoms with Gasteiger partial charge in [0.05, 0.1) is 42.7 Å². The van der Waals surface area contributed by atoms with E-state index in [0.29, 0.717) is 55.9 Å². The Balaban J connectivity index is 1.36. The molecule has 1 aliphatic rings. The van der Waals surface area contributed by atoms with Crippen LogP contribution in [0, 0.1) is 0 Å². The van der Waals surface area contributed by atoms with E-state index in [-0.39, 0.29) is 18.1 Å². The van der Waals surface area contributed by atoms with Gasteiger partial charge in [0, 0.05) is 11.3 Å². The smallest absolute Gasteiger partial charge is 0.271 e. The van der Waals surface area contributed by atoms with Gasteiger partial charge in [-0.15, -0.1) is 0 Å². The Labute approximate surface area is 282 Å². The molecule has 0 unspecified atom stereocenters. The lowest BCUT2D eigenvalue weighted by Gasteiger charge is -2.25. The average Bonchev–Trinajstić information content (AvgIpc) is 3.41. The third-order valence-electron chi connectivity index (χ3n) is 7.85. The van der Waals surface area contributed by atoms with E-state index in [2.05, 4.69) is 5.32 Å². The van der Waals surface area contributed by atoms with Crippen molar-refractivity contribution in [2.75, 3.05) is 26.1 Å². The number of ether oxygens (including phenoxy) is 4. The second-order valence-corrected chi connectivity index (χ2v) is 11.9. The van der Waals surface area contributed by atoms with E-state index in [1.165, 1.54) is 11.3 Å². The lowest BCUT2D eigenvalue weighted by molar-refractivity contribution is -0.113. The standard InChI is InChI=1S/C38H35N3O6S/c1-5-46-32-20-25(16-18-31(32)47-23-27-22-29(44-3)17-19-30(27)45-4)21-33-37(43)41-35(26-12-8-6-9-13-26)34(24(2)39-38(41)48-33)36(42)40-28-14-10-7-11-15-28/h6-22,35H,5,23H2,1-4H3,(H,40,42)/b33-21-/t35-/m0/s1. The topological polar surface area (TPSA) is 100 Å². The number of nitrogens with one attached hydrogen (secondary N) is 1. The maximum absolute atomic E-state index is 14.1. The molecule has 9 nitrogen and oxygen atoms in total. The van der Waals surface area contributed by atoms with Crippen LogP contribution in [0.15, 0.2) is 118 Å².